The summed E-state index contributed by atoms with van der Waals surface area (Å²) in [5.74, 6) is 0. The zero-order valence-corrected chi connectivity index (χ0v) is 14.4. The van der Waals surface area contributed by atoms with Crippen LogP contribution < -0.4 is 0 Å². The second-order valence-electron chi connectivity index (χ2n) is 6.52. The van der Waals surface area contributed by atoms with Gasteiger partial charge in [-0.05, 0) is 64.0 Å². The highest BCUT2D eigenvalue weighted by atomic mass is 31.1. The highest BCUT2D eigenvalue weighted by molar-refractivity contribution is 7.76. The summed E-state index contributed by atoms with van der Waals surface area (Å²) in [5.41, 5.74) is 6.22. The van der Waals surface area contributed by atoms with E-state index in [0.29, 0.717) is 16.8 Å². The van der Waals surface area contributed by atoms with Gasteiger partial charge in [-0.25, -0.2) is 0 Å². The third kappa shape index (κ3) is 3.14. The fourth-order valence-electron chi connectivity index (χ4n) is 3.65. The summed E-state index contributed by atoms with van der Waals surface area (Å²) in [6, 6.07) is 4.31. The standard InChI is InChI=1S/C18H27OP/c1-12(2)20(16-8-6-7-9-16)18(19)17-14(4)10-13(3)11-15(17)5/h10-12,16H,6-9H2,1-5H3. The number of aryl methyl sites for hydroxylation is 3. The molecule has 1 atom stereocenters. The molecule has 2 heteroatoms. The summed E-state index contributed by atoms with van der Waals surface area (Å²) in [6.45, 7) is 10.8. The van der Waals surface area contributed by atoms with Crippen molar-refractivity contribution in [2.75, 3.05) is 0 Å². The van der Waals surface area contributed by atoms with Crippen molar-refractivity contribution in [3.05, 3.63) is 34.4 Å². The van der Waals surface area contributed by atoms with Crippen LogP contribution in [0.2, 0.25) is 0 Å². The molecule has 0 saturated heterocycles. The number of carbonyl (C=O) groups is 1. The predicted octanol–water partition coefficient (Wildman–Crippen LogP) is 5.58. The van der Waals surface area contributed by atoms with E-state index in [1.807, 2.05) is 0 Å². The normalized spacial score (nSPS) is 17.7. The number of rotatable bonds is 4. The van der Waals surface area contributed by atoms with Crippen LogP contribution in [0.5, 0.6) is 0 Å². The molecule has 0 aromatic heterocycles. The van der Waals surface area contributed by atoms with Gasteiger partial charge in [0, 0.05) is 5.56 Å². The molecule has 1 unspecified atom stereocenters. The van der Waals surface area contributed by atoms with E-state index >= 15 is 0 Å². The number of hydrogen-bond acceptors (Lipinski definition) is 1. The van der Waals surface area contributed by atoms with Crippen molar-refractivity contribution in [1.29, 1.82) is 0 Å². The van der Waals surface area contributed by atoms with Crippen molar-refractivity contribution in [3.8, 4) is 0 Å². The van der Waals surface area contributed by atoms with Crippen LogP contribution >= 0.6 is 7.92 Å². The Balaban J connectivity index is 2.37. The quantitative estimate of drug-likeness (QED) is 0.661. The second kappa shape index (κ2) is 6.39. The smallest absolute Gasteiger partial charge is 0.185 e. The second-order valence-corrected chi connectivity index (χ2v) is 9.50. The molecule has 0 amide bonds. The molecule has 1 aromatic carbocycles. The molecule has 1 nitrogen and oxygen atoms in total. The molecule has 1 fully saturated rings. The summed E-state index contributed by atoms with van der Waals surface area (Å²) in [7, 11) is -0.539. The van der Waals surface area contributed by atoms with Crippen LogP contribution in [0, 0.1) is 20.8 Å². The van der Waals surface area contributed by atoms with Gasteiger partial charge in [-0.2, -0.15) is 0 Å². The van der Waals surface area contributed by atoms with Gasteiger partial charge in [0.25, 0.3) is 0 Å². The lowest BCUT2D eigenvalue weighted by atomic mass is 10.0. The lowest BCUT2D eigenvalue weighted by Gasteiger charge is -2.27. The van der Waals surface area contributed by atoms with Crippen molar-refractivity contribution in [3.63, 3.8) is 0 Å². The maximum atomic E-state index is 13.2. The predicted molar refractivity (Wildman–Crippen MR) is 89.3 cm³/mol. The van der Waals surface area contributed by atoms with Gasteiger partial charge in [0.05, 0.1) is 0 Å². The zero-order chi connectivity index (χ0) is 14.9. The lowest BCUT2D eigenvalue weighted by molar-refractivity contribution is 0.107. The van der Waals surface area contributed by atoms with Crippen molar-refractivity contribution in [2.24, 2.45) is 0 Å². The zero-order valence-electron chi connectivity index (χ0n) is 13.5. The Morgan fingerprint density at radius 1 is 1.10 bits per heavy atom. The molecule has 110 valence electrons. The Bertz CT molecular complexity index is 475. The van der Waals surface area contributed by atoms with E-state index in [1.165, 1.54) is 42.4 Å². The van der Waals surface area contributed by atoms with Crippen LogP contribution in [0.4, 0.5) is 0 Å². The first-order valence-electron chi connectivity index (χ1n) is 7.82. The summed E-state index contributed by atoms with van der Waals surface area (Å²) in [6.07, 6.45) is 5.16. The third-order valence-electron chi connectivity index (χ3n) is 4.40. The minimum absolute atomic E-state index is 0.455. The minimum atomic E-state index is -0.539. The van der Waals surface area contributed by atoms with E-state index < -0.39 is 7.92 Å². The van der Waals surface area contributed by atoms with Crippen LogP contribution in [0.25, 0.3) is 0 Å². The van der Waals surface area contributed by atoms with Gasteiger partial charge in [0.15, 0.2) is 5.52 Å². The van der Waals surface area contributed by atoms with Crippen molar-refractivity contribution in [2.45, 2.75) is 71.6 Å². The molecule has 1 aromatic rings. The lowest BCUT2D eigenvalue weighted by Crippen LogP contribution is -2.16. The fourth-order valence-corrected chi connectivity index (χ4v) is 6.83. The molecule has 20 heavy (non-hydrogen) atoms. The summed E-state index contributed by atoms with van der Waals surface area (Å²) >= 11 is 0. The molecule has 1 saturated carbocycles. The van der Waals surface area contributed by atoms with Gasteiger partial charge in [-0.3, -0.25) is 4.79 Å². The van der Waals surface area contributed by atoms with Gasteiger partial charge < -0.3 is 0 Å². The van der Waals surface area contributed by atoms with E-state index in [2.05, 4.69) is 46.8 Å². The van der Waals surface area contributed by atoms with Crippen LogP contribution in [-0.2, 0) is 0 Å². The summed E-state index contributed by atoms with van der Waals surface area (Å²) < 4.78 is 0. The highest BCUT2D eigenvalue weighted by Gasteiger charge is 2.34. The Kier molecular flexibility index (Phi) is 5.02. The van der Waals surface area contributed by atoms with E-state index in [-0.39, 0.29) is 0 Å². The summed E-state index contributed by atoms with van der Waals surface area (Å²) in [5, 5.41) is 0. The van der Waals surface area contributed by atoms with Crippen molar-refractivity contribution < 1.29 is 4.79 Å². The topological polar surface area (TPSA) is 17.1 Å². The number of benzene rings is 1. The molecule has 2 rings (SSSR count). The molecule has 0 N–H and O–H groups in total. The number of hydrogen-bond donors (Lipinski definition) is 0. The first-order chi connectivity index (χ1) is 9.41. The Hall–Kier alpha value is -0.680. The molecular formula is C18H27OP. The van der Waals surface area contributed by atoms with Gasteiger partial charge in [-0.1, -0.05) is 44.4 Å². The highest BCUT2D eigenvalue weighted by Crippen LogP contribution is 2.55. The largest absolute Gasteiger partial charge is 0.289 e. The van der Waals surface area contributed by atoms with E-state index in [1.54, 1.807) is 0 Å². The molecule has 0 heterocycles. The maximum absolute atomic E-state index is 13.2. The molecule has 0 spiro atoms. The van der Waals surface area contributed by atoms with Crippen LogP contribution in [0.15, 0.2) is 12.1 Å². The van der Waals surface area contributed by atoms with Crippen LogP contribution in [-0.4, -0.2) is 16.8 Å². The average Bonchev–Trinajstić information content (AvgIpc) is 2.80. The monoisotopic (exact) mass is 290 g/mol. The Labute approximate surface area is 124 Å². The van der Waals surface area contributed by atoms with Gasteiger partial charge in [0.1, 0.15) is 0 Å². The van der Waals surface area contributed by atoms with E-state index in [9.17, 15) is 4.79 Å². The van der Waals surface area contributed by atoms with Gasteiger partial charge in [0.2, 0.25) is 0 Å². The fraction of sp³-hybridized carbons (Fsp3) is 0.611. The molecule has 0 radical (unpaired) electrons. The molecule has 1 aliphatic carbocycles. The maximum Gasteiger partial charge on any atom is 0.185 e. The SMILES string of the molecule is Cc1cc(C)c(C(=O)P(C(C)C)C2CCCC2)c(C)c1. The van der Waals surface area contributed by atoms with Crippen LogP contribution in [0.1, 0.15) is 66.6 Å². The van der Waals surface area contributed by atoms with Crippen LogP contribution in [0.3, 0.4) is 0 Å². The minimum Gasteiger partial charge on any atom is -0.289 e. The molecular weight excluding hydrogens is 263 g/mol. The summed E-state index contributed by atoms with van der Waals surface area (Å²) in [4.78, 5) is 13.2. The number of carbonyl (C=O) groups excluding carboxylic acids is 1. The first kappa shape index (κ1) is 15.7. The van der Waals surface area contributed by atoms with Crippen molar-refractivity contribution in [1.82, 2.24) is 0 Å². The van der Waals surface area contributed by atoms with Gasteiger partial charge >= 0.3 is 0 Å². The molecule has 1 aliphatic rings. The van der Waals surface area contributed by atoms with E-state index in [0.717, 1.165) is 5.56 Å². The van der Waals surface area contributed by atoms with E-state index in [4.69, 9.17) is 0 Å². The molecule has 0 aliphatic heterocycles. The Morgan fingerprint density at radius 2 is 1.60 bits per heavy atom. The molecule has 0 bridgehead atoms. The van der Waals surface area contributed by atoms with Crippen molar-refractivity contribution >= 4 is 13.4 Å². The first-order valence-corrected chi connectivity index (χ1v) is 9.30. The Morgan fingerprint density at radius 3 is 2.05 bits per heavy atom. The third-order valence-corrected chi connectivity index (χ3v) is 7.51. The van der Waals surface area contributed by atoms with Gasteiger partial charge in [-0.15, -0.1) is 0 Å². The average molecular weight is 290 g/mol.